The molecule has 1 N–H and O–H groups in total. The Hall–Kier alpha value is -0.320. The van der Waals surface area contributed by atoms with Gasteiger partial charge in [0.1, 0.15) is 0 Å². The van der Waals surface area contributed by atoms with Gasteiger partial charge in [-0.25, -0.2) is 0 Å². The molecular formula is CH2NO4PS. The standard InChI is InChI=1S/CH2NO4PS/c3-2-1(6-8)7(4)5/h3,8H/b2-1+. The van der Waals surface area contributed by atoms with Gasteiger partial charge in [-0.2, -0.15) is 0 Å². The van der Waals surface area contributed by atoms with Crippen LogP contribution in [0.3, 0.4) is 0 Å². The summed E-state index contributed by atoms with van der Waals surface area (Å²) in [6, 6.07) is 0. The van der Waals surface area contributed by atoms with Crippen LogP contribution in [-0.4, -0.2) is 10.8 Å². The van der Waals surface area contributed by atoms with E-state index in [1.54, 1.807) is 0 Å². The molecule has 1 atom stereocenters. The van der Waals surface area contributed by atoms with Crippen LogP contribution in [0.15, 0.2) is 5.16 Å². The summed E-state index contributed by atoms with van der Waals surface area (Å²) in [5.41, 5.74) is -0.816. The fourth-order valence-corrected chi connectivity index (χ4v) is 0.464. The van der Waals surface area contributed by atoms with E-state index in [9.17, 15) is 9.46 Å². The predicted octanol–water partition coefficient (Wildman–Crippen LogP) is -0.304. The fourth-order valence-electron chi connectivity index (χ4n) is 0.0881. The molecule has 7 heteroatoms. The predicted molar refractivity (Wildman–Crippen MR) is 26.9 cm³/mol. The van der Waals surface area contributed by atoms with Gasteiger partial charge in [0.25, 0.3) is 0 Å². The molecule has 0 aromatic heterocycles. The summed E-state index contributed by atoms with van der Waals surface area (Å²) < 4.78 is 13.5. The summed E-state index contributed by atoms with van der Waals surface area (Å²) in [5.74, 6) is 0. The third kappa shape index (κ3) is 2.11. The highest BCUT2D eigenvalue weighted by Crippen LogP contribution is 2.11. The number of nitrogens with zero attached hydrogens (tertiary/aromatic N) is 1. The van der Waals surface area contributed by atoms with Crippen molar-refractivity contribution in [3.63, 3.8) is 0 Å². The number of hydrogen-bond acceptors (Lipinski definition) is 6. The van der Waals surface area contributed by atoms with Gasteiger partial charge < -0.3 is 14.3 Å². The van der Waals surface area contributed by atoms with Crippen LogP contribution in [0.2, 0.25) is 0 Å². The van der Waals surface area contributed by atoms with Crippen LogP contribution >= 0.6 is 20.9 Å². The Morgan fingerprint density at radius 1 is 2.00 bits per heavy atom. The smallest absolute Gasteiger partial charge is 0.485 e. The monoisotopic (exact) mass is 155 g/mol. The highest BCUT2D eigenvalue weighted by Gasteiger charge is 2.15. The first-order valence-electron chi connectivity index (χ1n) is 1.40. The van der Waals surface area contributed by atoms with Crippen molar-refractivity contribution in [1.29, 1.82) is 0 Å². The Balaban J connectivity index is 3.92. The van der Waals surface area contributed by atoms with Crippen molar-refractivity contribution >= 4 is 26.6 Å². The minimum absolute atomic E-state index is 0.816. The third-order valence-corrected chi connectivity index (χ3v) is 1.13. The van der Waals surface area contributed by atoms with Crippen LogP contribution in [0.5, 0.6) is 0 Å². The van der Waals surface area contributed by atoms with Gasteiger partial charge in [0, 0.05) is 18.1 Å². The number of thiol groups is 1. The van der Waals surface area contributed by atoms with Gasteiger partial charge in [0.2, 0.25) is 0 Å². The minimum atomic E-state index is -2.96. The first-order chi connectivity index (χ1) is 3.72. The Labute approximate surface area is 51.4 Å². The van der Waals surface area contributed by atoms with Crippen LogP contribution in [0.1, 0.15) is 0 Å². The summed E-state index contributed by atoms with van der Waals surface area (Å²) in [4.78, 5) is 9.73. The van der Waals surface area contributed by atoms with Crippen molar-refractivity contribution < 1.29 is 18.8 Å². The van der Waals surface area contributed by atoms with E-state index in [1.165, 1.54) is 0 Å². The molecule has 0 aliphatic rings. The van der Waals surface area contributed by atoms with Crippen molar-refractivity contribution in [3.8, 4) is 0 Å². The van der Waals surface area contributed by atoms with E-state index in [-0.39, 0.29) is 0 Å². The van der Waals surface area contributed by atoms with Gasteiger partial charge in [0.05, 0.1) is 0 Å². The van der Waals surface area contributed by atoms with Crippen LogP contribution in [0.25, 0.3) is 0 Å². The first kappa shape index (κ1) is 7.68. The largest absolute Gasteiger partial charge is 0.587 e. The molecule has 0 aromatic rings. The molecule has 0 heterocycles. The van der Waals surface area contributed by atoms with Crippen molar-refractivity contribution in [3.05, 3.63) is 0 Å². The molecule has 0 saturated carbocycles. The lowest BCUT2D eigenvalue weighted by Crippen LogP contribution is -1.99. The highest BCUT2D eigenvalue weighted by molar-refractivity contribution is 7.77. The zero-order valence-corrected chi connectivity index (χ0v) is 5.30. The molecule has 0 bridgehead atoms. The van der Waals surface area contributed by atoms with Crippen LogP contribution in [0.4, 0.5) is 0 Å². The molecule has 0 fully saturated rings. The zero-order chi connectivity index (χ0) is 6.57. The average molecular weight is 155 g/mol. The summed E-state index contributed by atoms with van der Waals surface area (Å²) in [6.45, 7) is 0. The number of hydrogen-bond donors (Lipinski definition) is 2. The zero-order valence-electron chi connectivity index (χ0n) is 3.51. The second kappa shape index (κ2) is 3.65. The summed E-state index contributed by atoms with van der Waals surface area (Å²) >= 11 is 3.06. The lowest BCUT2D eigenvalue weighted by atomic mass is 11.5. The van der Waals surface area contributed by atoms with Crippen LogP contribution in [0, 0.1) is 0 Å². The molecule has 0 radical (unpaired) electrons. The lowest BCUT2D eigenvalue weighted by Gasteiger charge is -1.85. The fraction of sp³-hybridized carbons (Fsp3) is 0. The van der Waals surface area contributed by atoms with Gasteiger partial charge in [-0.3, -0.25) is 0 Å². The number of oxime groups is 1. The van der Waals surface area contributed by atoms with Crippen molar-refractivity contribution in [1.82, 2.24) is 0 Å². The summed E-state index contributed by atoms with van der Waals surface area (Å²) in [6.07, 6.45) is 0. The maximum Gasteiger partial charge on any atom is 0.485 e. The molecule has 8 heavy (non-hydrogen) atoms. The highest BCUT2D eigenvalue weighted by atomic mass is 32.1. The van der Waals surface area contributed by atoms with Gasteiger partial charge >= 0.3 is 13.7 Å². The Morgan fingerprint density at radius 3 is 2.50 bits per heavy atom. The van der Waals surface area contributed by atoms with Gasteiger partial charge in [-0.15, -0.1) is 0 Å². The molecule has 0 aliphatic carbocycles. The Morgan fingerprint density at radius 2 is 2.50 bits per heavy atom. The van der Waals surface area contributed by atoms with Crippen LogP contribution < -0.4 is 4.89 Å². The van der Waals surface area contributed by atoms with Gasteiger partial charge in [0.15, 0.2) is 0 Å². The molecule has 46 valence electrons. The summed E-state index contributed by atoms with van der Waals surface area (Å²) in [5, 5.41) is 9.95. The maximum absolute atomic E-state index is 9.73. The molecule has 0 aromatic carbocycles. The van der Waals surface area contributed by atoms with E-state index < -0.39 is 13.7 Å². The molecule has 1 unspecified atom stereocenters. The molecular weight excluding hydrogens is 153 g/mol. The van der Waals surface area contributed by atoms with E-state index in [2.05, 4.69) is 22.2 Å². The van der Waals surface area contributed by atoms with Crippen molar-refractivity contribution in [2.45, 2.75) is 0 Å². The molecule has 0 aliphatic heterocycles. The average Bonchev–Trinajstić information content (AvgIpc) is 1.69. The minimum Gasteiger partial charge on any atom is -0.587 e. The second-order valence-corrected chi connectivity index (χ2v) is 1.81. The number of rotatable bonds is 1. The quantitative estimate of drug-likeness (QED) is 0.103. The lowest BCUT2D eigenvalue weighted by molar-refractivity contribution is -0.160. The molecule has 5 nitrogen and oxygen atoms in total. The van der Waals surface area contributed by atoms with E-state index in [4.69, 9.17) is 5.21 Å². The first-order valence-corrected chi connectivity index (χ1v) is 2.94. The maximum atomic E-state index is 9.73. The van der Waals surface area contributed by atoms with Crippen molar-refractivity contribution in [2.24, 2.45) is 5.16 Å². The van der Waals surface area contributed by atoms with E-state index >= 15 is 0 Å². The molecule has 0 saturated heterocycles. The summed E-state index contributed by atoms with van der Waals surface area (Å²) in [7, 11) is -2.96. The van der Waals surface area contributed by atoms with E-state index in [0.717, 1.165) is 0 Å². The molecule has 0 spiro atoms. The molecule has 0 rings (SSSR count). The topological polar surface area (TPSA) is 82.0 Å². The normalized spacial score (nSPS) is 13.2. The molecule has 0 amide bonds. The Kier molecular flexibility index (Phi) is 3.51. The SMILES string of the molecule is O=[P+]([O-])/C(=N/O)OS. The van der Waals surface area contributed by atoms with E-state index in [1.807, 2.05) is 0 Å². The van der Waals surface area contributed by atoms with E-state index in [0.29, 0.717) is 0 Å². The van der Waals surface area contributed by atoms with Gasteiger partial charge in [-0.05, 0) is 0 Å². The second-order valence-electron chi connectivity index (χ2n) is 0.731. The van der Waals surface area contributed by atoms with Gasteiger partial charge in [-0.1, -0.05) is 4.57 Å². The van der Waals surface area contributed by atoms with Crippen LogP contribution in [-0.2, 0) is 8.75 Å². The van der Waals surface area contributed by atoms with Crippen molar-refractivity contribution in [2.75, 3.05) is 0 Å². The third-order valence-electron chi connectivity index (χ3n) is 0.323. The Bertz CT molecular complexity index is 123.